The predicted octanol–water partition coefficient (Wildman–Crippen LogP) is 3.97. The number of guanidine groups is 1. The number of hydrogen-bond acceptors (Lipinski definition) is 3. The van der Waals surface area contributed by atoms with Crippen LogP contribution in [0.4, 0.5) is 10.2 Å². The lowest BCUT2D eigenvalue weighted by molar-refractivity contribution is 0.602. The molecule has 2 rings (SSSR count). The van der Waals surface area contributed by atoms with Crippen LogP contribution in [0.1, 0.15) is 17.5 Å². The summed E-state index contributed by atoms with van der Waals surface area (Å²) >= 11 is 3.27. The molecule has 0 amide bonds. The summed E-state index contributed by atoms with van der Waals surface area (Å²) in [6.07, 6.45) is 3.28. The Balaban J connectivity index is 0.00000364. The number of hydrogen-bond donors (Lipinski definition) is 2. The lowest BCUT2D eigenvalue weighted by Crippen LogP contribution is -2.37. The maximum atomic E-state index is 13.8. The number of aliphatic imine (C=N–C) groups is 1. The van der Waals surface area contributed by atoms with E-state index in [0.717, 1.165) is 33.8 Å². The van der Waals surface area contributed by atoms with Gasteiger partial charge in [-0.2, -0.15) is 0 Å². The highest BCUT2D eigenvalue weighted by Gasteiger charge is 2.07. The molecule has 1 aromatic heterocycles. The molecule has 2 aromatic rings. The molecule has 0 spiro atoms. The molecule has 2 N–H and O–H groups in total. The minimum absolute atomic E-state index is 0. The lowest BCUT2D eigenvalue weighted by Gasteiger charge is -2.17. The number of aryl methyl sites for hydroxylation is 1. The topological polar surface area (TPSA) is 52.6 Å². The van der Waals surface area contributed by atoms with Gasteiger partial charge in [-0.1, -0.05) is 28.1 Å². The van der Waals surface area contributed by atoms with Crippen LogP contribution in [0.5, 0.6) is 0 Å². The molecule has 0 unspecified atom stereocenters. The van der Waals surface area contributed by atoms with Gasteiger partial charge in [0.05, 0.1) is 0 Å². The van der Waals surface area contributed by atoms with Crippen molar-refractivity contribution in [2.24, 2.45) is 4.99 Å². The van der Waals surface area contributed by atoms with E-state index in [2.05, 4.69) is 36.5 Å². The fourth-order valence-electron chi connectivity index (χ4n) is 2.58. The van der Waals surface area contributed by atoms with Crippen molar-refractivity contribution in [3.63, 3.8) is 0 Å². The zero-order chi connectivity index (χ0) is 18.9. The van der Waals surface area contributed by atoms with Gasteiger partial charge in [0.2, 0.25) is 0 Å². The van der Waals surface area contributed by atoms with Gasteiger partial charge < -0.3 is 15.5 Å². The van der Waals surface area contributed by atoms with E-state index >= 15 is 0 Å². The zero-order valence-electron chi connectivity index (χ0n) is 15.8. The van der Waals surface area contributed by atoms with Crippen LogP contribution in [0.25, 0.3) is 0 Å². The number of nitrogens with one attached hydrogen (secondary N) is 2. The number of anilines is 1. The van der Waals surface area contributed by atoms with Gasteiger partial charge in [-0.3, -0.25) is 4.99 Å². The van der Waals surface area contributed by atoms with Crippen LogP contribution in [0.2, 0.25) is 0 Å². The van der Waals surface area contributed by atoms with E-state index in [1.807, 2.05) is 43.3 Å². The molecule has 0 aliphatic rings. The fourth-order valence-corrected chi connectivity index (χ4v) is 2.91. The van der Waals surface area contributed by atoms with Crippen molar-refractivity contribution in [3.8, 4) is 0 Å². The predicted molar refractivity (Wildman–Crippen MR) is 125 cm³/mol. The highest BCUT2D eigenvalue weighted by Crippen LogP contribution is 2.16. The summed E-state index contributed by atoms with van der Waals surface area (Å²) in [5.74, 6) is 1.48. The minimum atomic E-state index is -0.172. The largest absolute Gasteiger partial charge is 0.362 e. The van der Waals surface area contributed by atoms with Gasteiger partial charge in [-0.05, 0) is 36.6 Å². The quantitative estimate of drug-likeness (QED) is 0.237. The van der Waals surface area contributed by atoms with Crippen LogP contribution in [0.3, 0.4) is 0 Å². The van der Waals surface area contributed by atoms with Crippen LogP contribution >= 0.6 is 39.9 Å². The smallest absolute Gasteiger partial charge is 0.191 e. The van der Waals surface area contributed by atoms with Crippen molar-refractivity contribution < 1.29 is 4.39 Å². The van der Waals surface area contributed by atoms with Crippen molar-refractivity contribution in [1.82, 2.24) is 15.6 Å². The number of nitrogens with zero attached hydrogens (tertiary/aromatic N) is 3. The van der Waals surface area contributed by atoms with E-state index in [1.165, 1.54) is 6.07 Å². The Hall–Kier alpha value is -1.42. The Kier molecular flexibility index (Phi) is 10.6. The van der Waals surface area contributed by atoms with Crippen molar-refractivity contribution in [2.45, 2.75) is 19.4 Å². The SMILES string of the molecule is CN=C(NCCCc1ccc(Br)cc1F)NCc1cccnc1N(C)C.I. The third-order valence-electron chi connectivity index (χ3n) is 3.89. The normalized spacial score (nSPS) is 10.9. The standard InChI is InChI=1S/C19H25BrFN5.HI/c1-22-19(25-13-15-7-5-10-23-18(15)26(2)3)24-11-4-6-14-8-9-16(20)12-17(14)21;/h5,7-10,12H,4,6,11,13H2,1-3H3,(H2,22,24,25);1H. The molecule has 1 heterocycles. The molecule has 0 saturated carbocycles. The second-order valence-corrected chi connectivity index (χ2v) is 6.99. The number of benzene rings is 1. The van der Waals surface area contributed by atoms with Crippen LogP contribution in [-0.4, -0.2) is 38.6 Å². The van der Waals surface area contributed by atoms with E-state index in [1.54, 1.807) is 13.2 Å². The third kappa shape index (κ3) is 7.61. The Morgan fingerprint density at radius 1 is 1.22 bits per heavy atom. The van der Waals surface area contributed by atoms with Gasteiger partial charge in [-0.15, -0.1) is 24.0 Å². The number of aromatic nitrogens is 1. The van der Waals surface area contributed by atoms with Crippen LogP contribution in [0, 0.1) is 5.82 Å². The molecule has 8 heteroatoms. The van der Waals surface area contributed by atoms with E-state index in [9.17, 15) is 4.39 Å². The highest BCUT2D eigenvalue weighted by molar-refractivity contribution is 14.0. The van der Waals surface area contributed by atoms with E-state index in [4.69, 9.17) is 0 Å². The maximum Gasteiger partial charge on any atom is 0.191 e. The number of pyridine rings is 1. The molecule has 148 valence electrons. The summed E-state index contributed by atoms with van der Waals surface area (Å²) in [5.41, 5.74) is 1.82. The van der Waals surface area contributed by atoms with Crippen molar-refractivity contribution in [1.29, 1.82) is 0 Å². The molecule has 0 aliphatic carbocycles. The zero-order valence-corrected chi connectivity index (χ0v) is 19.7. The van der Waals surface area contributed by atoms with Gasteiger partial charge >= 0.3 is 0 Å². The maximum absolute atomic E-state index is 13.8. The molecule has 0 fully saturated rings. The molecule has 0 bridgehead atoms. The summed E-state index contributed by atoms with van der Waals surface area (Å²) in [7, 11) is 5.68. The minimum Gasteiger partial charge on any atom is -0.362 e. The van der Waals surface area contributed by atoms with Gasteiger partial charge in [0.15, 0.2) is 5.96 Å². The second kappa shape index (κ2) is 12.1. The summed E-state index contributed by atoms with van der Waals surface area (Å²) < 4.78 is 14.6. The summed E-state index contributed by atoms with van der Waals surface area (Å²) in [4.78, 5) is 10.6. The first kappa shape index (κ1) is 23.6. The molecule has 27 heavy (non-hydrogen) atoms. The monoisotopic (exact) mass is 549 g/mol. The van der Waals surface area contributed by atoms with Gasteiger partial charge in [-0.25, -0.2) is 9.37 Å². The summed E-state index contributed by atoms with van der Waals surface area (Å²) in [5, 5.41) is 6.55. The lowest BCUT2D eigenvalue weighted by atomic mass is 10.1. The Bertz CT molecular complexity index is 755. The summed E-state index contributed by atoms with van der Waals surface area (Å²) in [6, 6.07) is 9.14. The highest BCUT2D eigenvalue weighted by atomic mass is 127. The number of halogens is 3. The molecule has 0 aliphatic heterocycles. The Morgan fingerprint density at radius 2 is 2.00 bits per heavy atom. The average molecular weight is 550 g/mol. The van der Waals surface area contributed by atoms with Crippen LogP contribution in [0.15, 0.2) is 46.0 Å². The van der Waals surface area contributed by atoms with E-state index < -0.39 is 0 Å². The van der Waals surface area contributed by atoms with Gasteiger partial charge in [0.25, 0.3) is 0 Å². The van der Waals surface area contributed by atoms with Crippen LogP contribution < -0.4 is 15.5 Å². The number of rotatable bonds is 7. The first-order chi connectivity index (χ1) is 12.5. The second-order valence-electron chi connectivity index (χ2n) is 6.07. The van der Waals surface area contributed by atoms with Crippen molar-refractivity contribution >= 4 is 51.7 Å². The average Bonchev–Trinajstić information content (AvgIpc) is 2.62. The molecule has 1 aromatic carbocycles. The molecule has 5 nitrogen and oxygen atoms in total. The molecule has 0 atom stereocenters. The first-order valence-corrected chi connectivity index (χ1v) is 9.30. The molecule has 0 saturated heterocycles. The van der Waals surface area contributed by atoms with Crippen LogP contribution in [-0.2, 0) is 13.0 Å². The van der Waals surface area contributed by atoms with Gasteiger partial charge in [0.1, 0.15) is 11.6 Å². The van der Waals surface area contributed by atoms with E-state index in [-0.39, 0.29) is 29.8 Å². The third-order valence-corrected chi connectivity index (χ3v) is 4.38. The first-order valence-electron chi connectivity index (χ1n) is 8.51. The molecule has 0 radical (unpaired) electrons. The molecular formula is C19H26BrFIN5. The Labute approximate surface area is 186 Å². The molecular weight excluding hydrogens is 524 g/mol. The fraction of sp³-hybridized carbons (Fsp3) is 0.368. The Morgan fingerprint density at radius 3 is 2.67 bits per heavy atom. The van der Waals surface area contributed by atoms with Gasteiger partial charge in [0, 0.05) is 50.5 Å². The summed E-state index contributed by atoms with van der Waals surface area (Å²) in [6.45, 7) is 1.34. The van der Waals surface area contributed by atoms with Crippen molar-refractivity contribution in [2.75, 3.05) is 32.6 Å². The van der Waals surface area contributed by atoms with Crippen molar-refractivity contribution in [3.05, 3.63) is 57.9 Å². The van der Waals surface area contributed by atoms with E-state index in [0.29, 0.717) is 19.5 Å².